The predicted molar refractivity (Wildman–Crippen MR) is 78.8 cm³/mol. The molecule has 1 aromatic heterocycles. The van der Waals surface area contributed by atoms with Gasteiger partial charge < -0.3 is 15.9 Å². The number of carbonyl (C=O) groups is 1. The smallest absolute Gasteiger partial charge is 0.323 e. The van der Waals surface area contributed by atoms with Gasteiger partial charge in [-0.15, -0.1) is 11.3 Å². The first kappa shape index (κ1) is 15.4. The highest BCUT2D eigenvalue weighted by molar-refractivity contribution is 7.11. The minimum absolute atomic E-state index is 0.386. The summed E-state index contributed by atoms with van der Waals surface area (Å²) in [7, 11) is 0. The lowest BCUT2D eigenvalue weighted by Crippen LogP contribution is -2.41. The fourth-order valence-electron chi connectivity index (χ4n) is 2.44. The number of nitrogens with zero attached hydrogens (tertiary/aromatic N) is 1. The molecule has 1 aromatic rings. The molecule has 20 heavy (non-hydrogen) atoms. The van der Waals surface area contributed by atoms with Gasteiger partial charge in [0.15, 0.2) is 0 Å². The highest BCUT2D eigenvalue weighted by Gasteiger charge is 2.21. The third-order valence-electron chi connectivity index (χ3n) is 3.68. The number of carboxylic acid groups (broad SMARTS) is 1. The third-order valence-corrected chi connectivity index (χ3v) is 4.81. The number of rotatable bonds is 7. The van der Waals surface area contributed by atoms with Gasteiger partial charge in [0.1, 0.15) is 6.04 Å². The molecule has 6 heteroatoms. The molecule has 1 fully saturated rings. The van der Waals surface area contributed by atoms with Crippen LogP contribution in [0.5, 0.6) is 0 Å². The molecule has 2 atom stereocenters. The summed E-state index contributed by atoms with van der Waals surface area (Å²) < 4.78 is 0. The number of thiophene rings is 1. The molecule has 1 aliphatic rings. The van der Waals surface area contributed by atoms with Crippen molar-refractivity contribution in [1.82, 2.24) is 4.90 Å². The second kappa shape index (κ2) is 7.17. The van der Waals surface area contributed by atoms with Gasteiger partial charge in [0.25, 0.3) is 0 Å². The van der Waals surface area contributed by atoms with Gasteiger partial charge in [-0.2, -0.15) is 0 Å². The zero-order valence-electron chi connectivity index (χ0n) is 11.5. The molecule has 4 N–H and O–H groups in total. The van der Waals surface area contributed by atoms with E-state index in [2.05, 4.69) is 17.0 Å². The molecule has 5 nitrogen and oxygen atoms in total. The number of aliphatic hydroxyl groups excluding tert-OH is 1. The Morgan fingerprint density at radius 1 is 1.35 bits per heavy atom. The van der Waals surface area contributed by atoms with E-state index in [1.165, 1.54) is 35.7 Å². The maximum atomic E-state index is 10.7. The minimum atomic E-state index is -1.20. The van der Waals surface area contributed by atoms with Gasteiger partial charge in [-0.3, -0.25) is 9.69 Å². The van der Waals surface area contributed by atoms with Crippen molar-refractivity contribution < 1.29 is 15.0 Å². The fraction of sp³-hybridized carbons (Fsp3) is 0.643. The van der Waals surface area contributed by atoms with Gasteiger partial charge in [0, 0.05) is 16.3 Å². The van der Waals surface area contributed by atoms with Crippen LogP contribution < -0.4 is 5.73 Å². The van der Waals surface area contributed by atoms with Crippen LogP contribution in [-0.4, -0.2) is 46.3 Å². The Hall–Kier alpha value is -0.950. The first-order chi connectivity index (χ1) is 9.56. The van der Waals surface area contributed by atoms with Crippen molar-refractivity contribution in [3.63, 3.8) is 0 Å². The number of hydrogen-bond donors (Lipinski definition) is 3. The second-order valence-electron chi connectivity index (χ2n) is 5.32. The van der Waals surface area contributed by atoms with Crippen LogP contribution in [0.3, 0.4) is 0 Å². The van der Waals surface area contributed by atoms with Crippen molar-refractivity contribution in [2.75, 3.05) is 13.1 Å². The van der Waals surface area contributed by atoms with Crippen molar-refractivity contribution >= 4 is 17.3 Å². The number of aryl methyl sites for hydroxylation is 1. The Labute approximate surface area is 123 Å². The Bertz CT molecular complexity index is 443. The Kier molecular flexibility index (Phi) is 5.54. The summed E-state index contributed by atoms with van der Waals surface area (Å²) in [6, 6.07) is 3.00. The van der Waals surface area contributed by atoms with Crippen LogP contribution in [0.1, 0.15) is 29.0 Å². The zero-order valence-corrected chi connectivity index (χ0v) is 12.3. The number of hydrogen-bond acceptors (Lipinski definition) is 5. The van der Waals surface area contributed by atoms with E-state index in [9.17, 15) is 9.90 Å². The van der Waals surface area contributed by atoms with Crippen molar-refractivity contribution in [1.29, 1.82) is 0 Å². The highest BCUT2D eigenvalue weighted by Crippen LogP contribution is 2.22. The number of carboxylic acids is 1. The summed E-state index contributed by atoms with van der Waals surface area (Å²) in [5.41, 5.74) is 5.39. The molecule has 2 heterocycles. The number of aliphatic hydroxyl groups is 1. The predicted octanol–water partition coefficient (Wildman–Crippen LogP) is 1.05. The van der Waals surface area contributed by atoms with Crippen molar-refractivity contribution in [2.24, 2.45) is 5.73 Å². The van der Waals surface area contributed by atoms with Crippen LogP contribution in [0.25, 0.3) is 0 Å². The monoisotopic (exact) mass is 298 g/mol. The number of likely N-dealkylation sites (tertiary alicyclic amines) is 1. The molecule has 0 aliphatic carbocycles. The average molecular weight is 298 g/mol. The normalized spacial score (nSPS) is 19.1. The second-order valence-corrected chi connectivity index (χ2v) is 6.57. The highest BCUT2D eigenvalue weighted by atomic mass is 32.1. The SMILES string of the molecule is NC(C(=O)O)C(O)CCc1ccc(CN2CCCC2)s1. The third kappa shape index (κ3) is 4.28. The average Bonchev–Trinajstić information content (AvgIpc) is 3.07. The van der Waals surface area contributed by atoms with Crippen molar-refractivity contribution in [2.45, 2.75) is 44.4 Å². The van der Waals surface area contributed by atoms with Gasteiger partial charge in [-0.25, -0.2) is 0 Å². The van der Waals surface area contributed by atoms with E-state index in [-0.39, 0.29) is 0 Å². The maximum absolute atomic E-state index is 10.7. The van der Waals surface area contributed by atoms with E-state index in [1.807, 2.05) is 0 Å². The van der Waals surface area contributed by atoms with E-state index in [4.69, 9.17) is 10.8 Å². The summed E-state index contributed by atoms with van der Waals surface area (Å²) in [6.07, 6.45) is 2.65. The Morgan fingerprint density at radius 3 is 2.65 bits per heavy atom. The van der Waals surface area contributed by atoms with Crippen LogP contribution in [0.15, 0.2) is 12.1 Å². The summed E-state index contributed by atoms with van der Waals surface area (Å²) in [6.45, 7) is 3.36. The minimum Gasteiger partial charge on any atom is -0.480 e. The molecular weight excluding hydrogens is 276 g/mol. The summed E-state index contributed by atoms with van der Waals surface area (Å²) in [5, 5.41) is 18.4. The van der Waals surface area contributed by atoms with Gasteiger partial charge in [0.2, 0.25) is 0 Å². The van der Waals surface area contributed by atoms with E-state index in [1.54, 1.807) is 11.3 Å². The lowest BCUT2D eigenvalue weighted by atomic mass is 10.1. The molecule has 0 spiro atoms. The van der Waals surface area contributed by atoms with E-state index < -0.39 is 18.1 Å². The lowest BCUT2D eigenvalue weighted by Gasteiger charge is -2.14. The van der Waals surface area contributed by atoms with E-state index >= 15 is 0 Å². The standard InChI is InChI=1S/C14H22N2O3S/c15-13(14(18)19)12(17)6-5-10-3-4-11(20-10)9-16-7-1-2-8-16/h3-4,12-13,17H,1-2,5-9,15H2,(H,18,19). The zero-order chi connectivity index (χ0) is 14.5. The van der Waals surface area contributed by atoms with Crippen LogP contribution >= 0.6 is 11.3 Å². The van der Waals surface area contributed by atoms with E-state index in [0.717, 1.165) is 6.54 Å². The molecule has 112 valence electrons. The lowest BCUT2D eigenvalue weighted by molar-refractivity contribution is -0.141. The van der Waals surface area contributed by atoms with Crippen molar-refractivity contribution in [3.8, 4) is 0 Å². The van der Waals surface area contributed by atoms with Gasteiger partial charge in [-0.05, 0) is 50.9 Å². The molecule has 0 bridgehead atoms. The molecule has 1 saturated heterocycles. The van der Waals surface area contributed by atoms with Crippen LogP contribution in [0.4, 0.5) is 0 Å². The molecule has 1 aliphatic heterocycles. The largest absolute Gasteiger partial charge is 0.480 e. The fourth-order valence-corrected chi connectivity index (χ4v) is 3.51. The van der Waals surface area contributed by atoms with Crippen LogP contribution in [0.2, 0.25) is 0 Å². The topological polar surface area (TPSA) is 86.8 Å². The van der Waals surface area contributed by atoms with Gasteiger partial charge >= 0.3 is 5.97 Å². The first-order valence-electron chi connectivity index (χ1n) is 7.02. The summed E-state index contributed by atoms with van der Waals surface area (Å²) in [4.78, 5) is 15.6. The molecule has 0 radical (unpaired) electrons. The maximum Gasteiger partial charge on any atom is 0.323 e. The first-order valence-corrected chi connectivity index (χ1v) is 7.84. The van der Waals surface area contributed by atoms with Crippen LogP contribution in [0, 0.1) is 0 Å². The number of aliphatic carboxylic acids is 1. The van der Waals surface area contributed by atoms with Gasteiger partial charge in [0.05, 0.1) is 6.10 Å². The Morgan fingerprint density at radius 2 is 2.00 bits per heavy atom. The summed E-state index contributed by atoms with van der Waals surface area (Å²) in [5.74, 6) is -1.15. The molecule has 0 amide bonds. The summed E-state index contributed by atoms with van der Waals surface area (Å²) >= 11 is 1.74. The molecular formula is C14H22N2O3S. The van der Waals surface area contributed by atoms with E-state index in [0.29, 0.717) is 12.8 Å². The molecule has 2 unspecified atom stereocenters. The number of nitrogens with two attached hydrogens (primary N) is 1. The quantitative estimate of drug-likeness (QED) is 0.700. The Balaban J connectivity index is 1.79. The molecule has 2 rings (SSSR count). The van der Waals surface area contributed by atoms with Gasteiger partial charge in [-0.1, -0.05) is 0 Å². The van der Waals surface area contributed by atoms with Crippen LogP contribution in [-0.2, 0) is 17.8 Å². The molecule has 0 saturated carbocycles. The van der Waals surface area contributed by atoms with Crippen molar-refractivity contribution in [3.05, 3.63) is 21.9 Å². The molecule has 0 aromatic carbocycles.